The Morgan fingerprint density at radius 2 is 1.69 bits per heavy atom. The predicted molar refractivity (Wildman–Crippen MR) is 90.5 cm³/mol. The Bertz CT molecular complexity index is 892. The minimum atomic E-state index is -0.707. The second kappa shape index (κ2) is 6.40. The third-order valence-electron chi connectivity index (χ3n) is 4.71. The maximum Gasteiger partial charge on any atom is 0.259 e. The van der Waals surface area contributed by atoms with E-state index in [1.807, 2.05) is 6.07 Å². The Labute approximate surface area is 148 Å². The van der Waals surface area contributed by atoms with Crippen molar-refractivity contribution in [1.29, 1.82) is 0 Å². The van der Waals surface area contributed by atoms with Crippen LogP contribution < -0.4 is 15.0 Å². The van der Waals surface area contributed by atoms with Gasteiger partial charge in [-0.25, -0.2) is 8.78 Å². The highest BCUT2D eigenvalue weighted by molar-refractivity contribution is 6.21. The highest BCUT2D eigenvalue weighted by atomic mass is 19.1. The SMILES string of the molecule is O=C1NC(=O)c2cc(N3CCC(Oc4ccc(F)cc4F)CC3)ccc21. The van der Waals surface area contributed by atoms with Gasteiger partial charge >= 0.3 is 0 Å². The number of hydrogen-bond acceptors (Lipinski definition) is 4. The fourth-order valence-corrected chi connectivity index (χ4v) is 3.33. The Balaban J connectivity index is 1.42. The van der Waals surface area contributed by atoms with Gasteiger partial charge < -0.3 is 9.64 Å². The number of benzene rings is 2. The molecule has 1 fully saturated rings. The number of nitrogens with zero attached hydrogens (tertiary/aromatic N) is 1. The van der Waals surface area contributed by atoms with Crippen molar-refractivity contribution in [2.45, 2.75) is 18.9 Å². The lowest BCUT2D eigenvalue weighted by Gasteiger charge is -2.34. The lowest BCUT2D eigenvalue weighted by molar-refractivity contribution is 0.0879. The molecule has 0 aromatic heterocycles. The summed E-state index contributed by atoms with van der Waals surface area (Å²) in [5.41, 5.74) is 1.64. The number of amides is 2. The van der Waals surface area contributed by atoms with Crippen LogP contribution in [0.5, 0.6) is 5.75 Å². The molecule has 2 amide bonds. The third kappa shape index (κ3) is 3.00. The highest BCUT2D eigenvalue weighted by Crippen LogP contribution is 2.27. The molecule has 7 heteroatoms. The van der Waals surface area contributed by atoms with Crippen LogP contribution in [0.3, 0.4) is 0 Å². The van der Waals surface area contributed by atoms with Gasteiger partial charge in [-0.15, -0.1) is 0 Å². The predicted octanol–water partition coefficient (Wildman–Crippen LogP) is 2.90. The zero-order valence-electron chi connectivity index (χ0n) is 13.8. The van der Waals surface area contributed by atoms with Crippen molar-refractivity contribution in [3.63, 3.8) is 0 Å². The molecule has 1 N–H and O–H groups in total. The summed E-state index contributed by atoms with van der Waals surface area (Å²) >= 11 is 0. The fourth-order valence-electron chi connectivity index (χ4n) is 3.33. The summed E-state index contributed by atoms with van der Waals surface area (Å²) in [7, 11) is 0. The molecule has 2 aliphatic heterocycles. The van der Waals surface area contributed by atoms with E-state index in [9.17, 15) is 18.4 Å². The van der Waals surface area contributed by atoms with Crippen LogP contribution in [0.4, 0.5) is 14.5 Å². The molecular weight excluding hydrogens is 342 g/mol. The van der Waals surface area contributed by atoms with Gasteiger partial charge in [-0.2, -0.15) is 0 Å². The summed E-state index contributed by atoms with van der Waals surface area (Å²) in [6.45, 7) is 1.34. The average Bonchev–Trinajstić information content (AvgIpc) is 2.92. The van der Waals surface area contributed by atoms with Crippen LogP contribution in [-0.2, 0) is 0 Å². The second-order valence-electron chi connectivity index (χ2n) is 6.39. The molecule has 1 saturated heterocycles. The van der Waals surface area contributed by atoms with E-state index >= 15 is 0 Å². The summed E-state index contributed by atoms with van der Waals surface area (Å²) in [5.74, 6) is -2.04. The Kier molecular flexibility index (Phi) is 4.06. The first-order valence-electron chi connectivity index (χ1n) is 8.37. The van der Waals surface area contributed by atoms with E-state index in [1.54, 1.807) is 12.1 Å². The van der Waals surface area contributed by atoms with Gasteiger partial charge in [-0.05, 0) is 30.3 Å². The molecule has 2 aromatic rings. The summed E-state index contributed by atoms with van der Waals surface area (Å²) in [4.78, 5) is 25.5. The minimum absolute atomic E-state index is 0.0533. The third-order valence-corrected chi connectivity index (χ3v) is 4.71. The molecule has 0 radical (unpaired) electrons. The van der Waals surface area contributed by atoms with Crippen molar-refractivity contribution in [2.24, 2.45) is 0 Å². The number of nitrogens with one attached hydrogen (secondary N) is 1. The maximum atomic E-state index is 13.7. The number of hydrogen-bond donors (Lipinski definition) is 1. The molecule has 0 atom stereocenters. The highest BCUT2D eigenvalue weighted by Gasteiger charge is 2.28. The van der Waals surface area contributed by atoms with E-state index < -0.39 is 11.6 Å². The van der Waals surface area contributed by atoms with Gasteiger partial charge in [-0.1, -0.05) is 0 Å². The van der Waals surface area contributed by atoms with E-state index in [1.165, 1.54) is 12.1 Å². The van der Waals surface area contributed by atoms with Crippen molar-refractivity contribution >= 4 is 17.5 Å². The van der Waals surface area contributed by atoms with Crippen LogP contribution in [0.1, 0.15) is 33.6 Å². The van der Waals surface area contributed by atoms with Gasteiger partial charge in [0.05, 0.1) is 11.1 Å². The van der Waals surface area contributed by atoms with Crippen LogP contribution in [0.2, 0.25) is 0 Å². The van der Waals surface area contributed by atoms with Gasteiger partial charge in [-0.3, -0.25) is 14.9 Å². The number of imide groups is 1. The lowest BCUT2D eigenvalue weighted by Crippen LogP contribution is -2.38. The molecule has 2 aliphatic rings. The molecule has 2 aromatic carbocycles. The van der Waals surface area contributed by atoms with Gasteiger partial charge in [0.2, 0.25) is 0 Å². The largest absolute Gasteiger partial charge is 0.487 e. The molecule has 0 unspecified atom stereocenters. The van der Waals surface area contributed by atoms with Crippen LogP contribution in [0.25, 0.3) is 0 Å². The van der Waals surface area contributed by atoms with Gasteiger partial charge in [0, 0.05) is 37.7 Å². The number of anilines is 1. The number of fused-ring (bicyclic) bond motifs is 1. The van der Waals surface area contributed by atoms with Gasteiger partial charge in [0.1, 0.15) is 11.9 Å². The van der Waals surface area contributed by atoms with Crippen LogP contribution >= 0.6 is 0 Å². The number of rotatable bonds is 3. The summed E-state index contributed by atoms with van der Waals surface area (Å²) in [6.07, 6.45) is 1.17. The minimum Gasteiger partial charge on any atom is -0.487 e. The maximum absolute atomic E-state index is 13.7. The van der Waals surface area contributed by atoms with Crippen molar-refractivity contribution in [3.8, 4) is 5.75 Å². The number of ether oxygens (including phenoxy) is 1. The smallest absolute Gasteiger partial charge is 0.259 e. The number of halogens is 2. The molecule has 2 heterocycles. The number of carbonyl (C=O) groups is 2. The first-order chi connectivity index (χ1) is 12.5. The molecule has 4 rings (SSSR count). The first kappa shape index (κ1) is 16.5. The molecule has 26 heavy (non-hydrogen) atoms. The molecular formula is C19H16F2N2O3. The van der Waals surface area contributed by atoms with E-state index in [2.05, 4.69) is 10.2 Å². The van der Waals surface area contributed by atoms with E-state index in [0.29, 0.717) is 37.1 Å². The topological polar surface area (TPSA) is 58.6 Å². The molecule has 0 spiro atoms. The van der Waals surface area contributed by atoms with E-state index in [0.717, 1.165) is 11.8 Å². The van der Waals surface area contributed by atoms with Crippen LogP contribution in [0.15, 0.2) is 36.4 Å². The van der Waals surface area contributed by atoms with Crippen molar-refractivity contribution < 1.29 is 23.1 Å². The molecule has 0 saturated carbocycles. The lowest BCUT2D eigenvalue weighted by atomic mass is 10.0. The van der Waals surface area contributed by atoms with Gasteiger partial charge in [0.15, 0.2) is 11.6 Å². The second-order valence-corrected chi connectivity index (χ2v) is 6.39. The quantitative estimate of drug-likeness (QED) is 0.858. The van der Waals surface area contributed by atoms with Crippen molar-refractivity contribution in [1.82, 2.24) is 5.32 Å². The van der Waals surface area contributed by atoms with Crippen molar-refractivity contribution in [3.05, 3.63) is 59.2 Å². The average molecular weight is 358 g/mol. The first-order valence-corrected chi connectivity index (χ1v) is 8.37. The Morgan fingerprint density at radius 1 is 0.962 bits per heavy atom. The zero-order valence-corrected chi connectivity index (χ0v) is 13.8. The zero-order chi connectivity index (χ0) is 18.3. The normalized spacial score (nSPS) is 17.2. The summed E-state index contributed by atoms with van der Waals surface area (Å²) in [6, 6.07) is 8.47. The van der Waals surface area contributed by atoms with Gasteiger partial charge in [0.25, 0.3) is 11.8 Å². The number of carbonyl (C=O) groups excluding carboxylic acids is 2. The van der Waals surface area contributed by atoms with E-state index in [-0.39, 0.29) is 23.7 Å². The van der Waals surface area contributed by atoms with Crippen LogP contribution in [0, 0.1) is 11.6 Å². The van der Waals surface area contributed by atoms with Crippen molar-refractivity contribution in [2.75, 3.05) is 18.0 Å². The molecule has 0 bridgehead atoms. The Morgan fingerprint density at radius 3 is 2.42 bits per heavy atom. The van der Waals surface area contributed by atoms with E-state index in [4.69, 9.17) is 4.74 Å². The standard InChI is InChI=1S/C19H16F2N2O3/c20-11-1-4-17(16(21)9-11)26-13-5-7-23(8-6-13)12-2-3-14-15(10-12)19(25)22-18(14)24/h1-4,9-10,13H,5-8H2,(H,22,24,25). The summed E-state index contributed by atoms with van der Waals surface area (Å²) in [5, 5.41) is 2.28. The monoisotopic (exact) mass is 358 g/mol. The molecule has 0 aliphatic carbocycles. The molecule has 5 nitrogen and oxygen atoms in total. The molecule has 134 valence electrons. The number of piperidine rings is 1. The summed E-state index contributed by atoms with van der Waals surface area (Å²) < 4.78 is 32.3. The fraction of sp³-hybridized carbons (Fsp3) is 0.263. The Hall–Kier alpha value is -2.96. The van der Waals surface area contributed by atoms with Crippen LogP contribution in [-0.4, -0.2) is 31.0 Å².